The van der Waals surface area contributed by atoms with Crippen molar-refractivity contribution in [3.63, 3.8) is 0 Å². The van der Waals surface area contributed by atoms with Gasteiger partial charge in [0.2, 0.25) is 0 Å². The van der Waals surface area contributed by atoms with Crippen LogP contribution in [-0.2, 0) is 9.59 Å². The second-order valence-corrected chi connectivity index (χ2v) is 5.50. The van der Waals surface area contributed by atoms with Crippen molar-refractivity contribution in [3.05, 3.63) is 64.7 Å². The molecule has 116 valence electrons. The van der Waals surface area contributed by atoms with Gasteiger partial charge in [0.05, 0.1) is 5.69 Å². The SMILES string of the molecule is Cc1ccc(N2NC(=O)/C(=C/c3ccc(O)cc3)C2=O)cc1C. The van der Waals surface area contributed by atoms with Gasteiger partial charge in [-0.25, -0.2) is 5.01 Å². The van der Waals surface area contributed by atoms with Gasteiger partial charge in [-0.3, -0.25) is 15.0 Å². The molecule has 2 aromatic carbocycles. The minimum absolute atomic E-state index is 0.0638. The van der Waals surface area contributed by atoms with E-state index in [1.165, 1.54) is 23.2 Å². The van der Waals surface area contributed by atoms with Crippen LogP contribution in [0.25, 0.3) is 6.08 Å². The van der Waals surface area contributed by atoms with Gasteiger partial charge in [0.15, 0.2) is 0 Å². The molecule has 1 aliphatic rings. The van der Waals surface area contributed by atoms with Gasteiger partial charge in [-0.2, -0.15) is 0 Å². The van der Waals surface area contributed by atoms with Crippen LogP contribution >= 0.6 is 0 Å². The number of phenols is 1. The third-order valence-electron chi connectivity index (χ3n) is 3.84. The maximum atomic E-state index is 12.5. The molecule has 0 aromatic heterocycles. The van der Waals surface area contributed by atoms with E-state index in [1.807, 2.05) is 26.0 Å². The zero-order valence-electron chi connectivity index (χ0n) is 12.8. The first kappa shape index (κ1) is 14.8. The molecule has 1 saturated heterocycles. The number of nitrogens with zero attached hydrogens (tertiary/aromatic N) is 1. The first-order valence-electron chi connectivity index (χ1n) is 7.19. The predicted octanol–water partition coefficient (Wildman–Crippen LogP) is 2.47. The summed E-state index contributed by atoms with van der Waals surface area (Å²) in [5.74, 6) is -0.710. The highest BCUT2D eigenvalue weighted by Crippen LogP contribution is 2.24. The molecule has 0 aliphatic carbocycles. The molecule has 0 saturated carbocycles. The lowest BCUT2D eigenvalue weighted by atomic mass is 10.1. The van der Waals surface area contributed by atoms with E-state index in [0.29, 0.717) is 11.3 Å². The van der Waals surface area contributed by atoms with Gasteiger partial charge >= 0.3 is 0 Å². The predicted molar refractivity (Wildman–Crippen MR) is 87.6 cm³/mol. The fourth-order valence-electron chi connectivity index (χ4n) is 2.34. The van der Waals surface area contributed by atoms with Gasteiger partial charge in [-0.05, 0) is 60.9 Å². The number of carbonyl (C=O) groups is 2. The molecule has 1 heterocycles. The van der Waals surface area contributed by atoms with Crippen LogP contribution in [0.1, 0.15) is 16.7 Å². The summed E-state index contributed by atoms with van der Waals surface area (Å²) < 4.78 is 0. The Labute approximate surface area is 133 Å². The van der Waals surface area contributed by atoms with E-state index >= 15 is 0 Å². The normalized spacial score (nSPS) is 16.1. The van der Waals surface area contributed by atoms with Gasteiger partial charge in [0.1, 0.15) is 11.3 Å². The van der Waals surface area contributed by atoms with Gasteiger partial charge in [0, 0.05) is 0 Å². The van der Waals surface area contributed by atoms with Crippen LogP contribution in [0.4, 0.5) is 5.69 Å². The zero-order chi connectivity index (χ0) is 16.6. The van der Waals surface area contributed by atoms with Gasteiger partial charge < -0.3 is 5.11 Å². The Bertz CT molecular complexity index is 823. The molecule has 1 aliphatic heterocycles. The average Bonchev–Trinajstić information content (AvgIpc) is 2.80. The van der Waals surface area contributed by atoms with E-state index in [2.05, 4.69) is 5.43 Å². The fraction of sp³-hybridized carbons (Fsp3) is 0.111. The van der Waals surface area contributed by atoms with E-state index < -0.39 is 11.8 Å². The summed E-state index contributed by atoms with van der Waals surface area (Å²) in [5.41, 5.74) is 6.09. The standard InChI is InChI=1S/C18H16N2O3/c1-11-3-6-14(9-12(11)2)20-18(23)16(17(22)19-20)10-13-4-7-15(21)8-5-13/h3-10,21H,1-2H3,(H,19,22)/b16-10-. The molecule has 0 radical (unpaired) electrons. The first-order chi connectivity index (χ1) is 11.0. The van der Waals surface area contributed by atoms with Gasteiger partial charge in [0.25, 0.3) is 11.8 Å². The van der Waals surface area contributed by atoms with Crippen LogP contribution in [0, 0.1) is 13.8 Å². The number of hydrazine groups is 1. The Balaban J connectivity index is 1.93. The van der Waals surface area contributed by atoms with Crippen molar-refractivity contribution in [1.29, 1.82) is 0 Å². The quantitative estimate of drug-likeness (QED) is 0.661. The molecule has 5 heteroatoms. The first-order valence-corrected chi connectivity index (χ1v) is 7.19. The summed E-state index contributed by atoms with van der Waals surface area (Å²) in [6.45, 7) is 3.94. The summed E-state index contributed by atoms with van der Waals surface area (Å²) in [5, 5.41) is 10.5. The topological polar surface area (TPSA) is 69.6 Å². The summed E-state index contributed by atoms with van der Waals surface area (Å²) in [6, 6.07) is 11.9. The third kappa shape index (κ3) is 2.81. The summed E-state index contributed by atoms with van der Waals surface area (Å²) in [6.07, 6.45) is 1.51. The maximum absolute atomic E-state index is 12.5. The smallest absolute Gasteiger partial charge is 0.282 e. The number of aromatic hydroxyl groups is 1. The van der Waals surface area contributed by atoms with Crippen LogP contribution in [0.5, 0.6) is 5.75 Å². The monoisotopic (exact) mass is 308 g/mol. The van der Waals surface area contributed by atoms with Gasteiger partial charge in [-0.15, -0.1) is 0 Å². The number of phenolic OH excluding ortho intramolecular Hbond substituents is 1. The van der Waals surface area contributed by atoms with E-state index in [9.17, 15) is 14.7 Å². The minimum Gasteiger partial charge on any atom is -0.508 e. The lowest BCUT2D eigenvalue weighted by Gasteiger charge is -2.15. The number of aryl methyl sites for hydroxylation is 2. The average molecular weight is 308 g/mol. The number of hydrogen-bond acceptors (Lipinski definition) is 3. The second-order valence-electron chi connectivity index (χ2n) is 5.50. The maximum Gasteiger partial charge on any atom is 0.282 e. The van der Waals surface area contributed by atoms with Crippen molar-refractivity contribution in [2.75, 3.05) is 5.01 Å². The van der Waals surface area contributed by atoms with E-state index in [-0.39, 0.29) is 11.3 Å². The number of rotatable bonds is 2. The van der Waals surface area contributed by atoms with Crippen LogP contribution in [0.15, 0.2) is 48.0 Å². The van der Waals surface area contributed by atoms with Crippen molar-refractivity contribution in [2.24, 2.45) is 0 Å². The lowest BCUT2D eigenvalue weighted by molar-refractivity contribution is -0.117. The van der Waals surface area contributed by atoms with Crippen LogP contribution < -0.4 is 10.4 Å². The molecular weight excluding hydrogens is 292 g/mol. The number of carbonyl (C=O) groups excluding carboxylic acids is 2. The molecular formula is C18H16N2O3. The molecule has 0 unspecified atom stereocenters. The minimum atomic E-state index is -0.443. The Morgan fingerprint density at radius 2 is 1.70 bits per heavy atom. The molecule has 1 fully saturated rings. The molecule has 23 heavy (non-hydrogen) atoms. The van der Waals surface area contributed by atoms with Crippen molar-refractivity contribution in [1.82, 2.24) is 5.43 Å². The number of benzene rings is 2. The Morgan fingerprint density at radius 1 is 1.00 bits per heavy atom. The largest absolute Gasteiger partial charge is 0.508 e. The molecule has 2 amide bonds. The molecule has 2 N–H and O–H groups in total. The number of nitrogens with one attached hydrogen (secondary N) is 1. The van der Waals surface area contributed by atoms with Crippen molar-refractivity contribution < 1.29 is 14.7 Å². The summed E-state index contributed by atoms with van der Waals surface area (Å²) in [7, 11) is 0. The molecule has 3 rings (SSSR count). The highest BCUT2D eigenvalue weighted by atomic mass is 16.3. The highest BCUT2D eigenvalue weighted by Gasteiger charge is 2.34. The van der Waals surface area contributed by atoms with Gasteiger partial charge in [-0.1, -0.05) is 18.2 Å². The van der Waals surface area contributed by atoms with Crippen molar-refractivity contribution >= 4 is 23.6 Å². The number of hydrogen-bond donors (Lipinski definition) is 2. The van der Waals surface area contributed by atoms with Crippen LogP contribution in [0.3, 0.4) is 0 Å². The molecule has 0 bridgehead atoms. The molecule has 0 spiro atoms. The Hall–Kier alpha value is -3.08. The van der Waals surface area contributed by atoms with Crippen LogP contribution in [0.2, 0.25) is 0 Å². The lowest BCUT2D eigenvalue weighted by Crippen LogP contribution is -2.35. The molecule has 0 atom stereocenters. The molecule has 5 nitrogen and oxygen atoms in total. The van der Waals surface area contributed by atoms with Crippen LogP contribution in [-0.4, -0.2) is 16.9 Å². The third-order valence-corrected chi connectivity index (χ3v) is 3.84. The van der Waals surface area contributed by atoms with Crippen molar-refractivity contribution in [2.45, 2.75) is 13.8 Å². The summed E-state index contributed by atoms with van der Waals surface area (Å²) >= 11 is 0. The number of anilines is 1. The Morgan fingerprint density at radius 3 is 2.35 bits per heavy atom. The fourth-order valence-corrected chi connectivity index (χ4v) is 2.34. The highest BCUT2D eigenvalue weighted by molar-refractivity contribution is 6.31. The van der Waals surface area contributed by atoms with E-state index in [0.717, 1.165) is 11.1 Å². The summed E-state index contributed by atoms with van der Waals surface area (Å²) in [4.78, 5) is 24.6. The molecule has 2 aromatic rings. The van der Waals surface area contributed by atoms with Crippen molar-refractivity contribution in [3.8, 4) is 5.75 Å². The Kier molecular flexibility index (Phi) is 3.62. The second kappa shape index (κ2) is 5.61. The number of amides is 2. The van der Waals surface area contributed by atoms with E-state index in [1.54, 1.807) is 18.2 Å². The van der Waals surface area contributed by atoms with E-state index in [4.69, 9.17) is 0 Å². The zero-order valence-corrected chi connectivity index (χ0v) is 12.8.